The predicted octanol–water partition coefficient (Wildman–Crippen LogP) is 2.55. The molecule has 0 fully saturated rings. The number of rotatable bonds is 7. The quantitative estimate of drug-likeness (QED) is 0.822. The van der Waals surface area contributed by atoms with Gasteiger partial charge in [0.1, 0.15) is 0 Å². The van der Waals surface area contributed by atoms with Gasteiger partial charge in [-0.05, 0) is 41.5 Å². The van der Waals surface area contributed by atoms with Gasteiger partial charge < -0.3 is 5.32 Å². The molecular formula is C15H28N4. The summed E-state index contributed by atoms with van der Waals surface area (Å²) in [6, 6.07) is 1.40. The lowest BCUT2D eigenvalue weighted by Crippen LogP contribution is -2.41. The van der Waals surface area contributed by atoms with Gasteiger partial charge in [-0.1, -0.05) is 0 Å². The van der Waals surface area contributed by atoms with E-state index in [0.29, 0.717) is 12.1 Å². The molecule has 0 saturated carbocycles. The third-order valence-electron chi connectivity index (χ3n) is 3.48. The Morgan fingerprint density at radius 3 is 2.16 bits per heavy atom. The van der Waals surface area contributed by atoms with E-state index >= 15 is 0 Å². The summed E-state index contributed by atoms with van der Waals surface area (Å²) in [5.41, 5.74) is 2.05. The standard InChI is InChI=1S/C15H28N4/c1-11(2)19(12(3)4)10-9-17-14(6)15-13(5)16-7-8-18-15/h7-8,11-12,14,17H,9-10H2,1-6H3. The van der Waals surface area contributed by atoms with Gasteiger partial charge in [0.05, 0.1) is 11.4 Å². The van der Waals surface area contributed by atoms with E-state index in [-0.39, 0.29) is 6.04 Å². The van der Waals surface area contributed by atoms with Crippen LogP contribution in [0, 0.1) is 6.92 Å². The van der Waals surface area contributed by atoms with Crippen LogP contribution in [-0.2, 0) is 0 Å². The van der Waals surface area contributed by atoms with Gasteiger partial charge >= 0.3 is 0 Å². The lowest BCUT2D eigenvalue weighted by atomic mass is 10.2. The van der Waals surface area contributed by atoms with Crippen LogP contribution in [0.5, 0.6) is 0 Å². The van der Waals surface area contributed by atoms with E-state index in [2.05, 4.69) is 54.8 Å². The zero-order valence-electron chi connectivity index (χ0n) is 13.1. The Bertz CT molecular complexity index is 368. The van der Waals surface area contributed by atoms with Crippen LogP contribution in [0.25, 0.3) is 0 Å². The molecule has 108 valence electrons. The summed E-state index contributed by atoms with van der Waals surface area (Å²) < 4.78 is 0. The van der Waals surface area contributed by atoms with Crippen molar-refractivity contribution in [1.82, 2.24) is 20.2 Å². The molecule has 0 amide bonds. The zero-order chi connectivity index (χ0) is 14.4. The van der Waals surface area contributed by atoms with E-state index in [1.54, 1.807) is 12.4 Å². The van der Waals surface area contributed by atoms with Gasteiger partial charge in [-0.25, -0.2) is 0 Å². The van der Waals surface area contributed by atoms with E-state index in [9.17, 15) is 0 Å². The first-order chi connectivity index (χ1) is 8.93. The van der Waals surface area contributed by atoms with E-state index in [1.165, 1.54) is 0 Å². The summed E-state index contributed by atoms with van der Waals surface area (Å²) in [7, 11) is 0. The van der Waals surface area contributed by atoms with Crippen LogP contribution in [-0.4, -0.2) is 40.0 Å². The first-order valence-corrected chi connectivity index (χ1v) is 7.20. The molecule has 4 heteroatoms. The topological polar surface area (TPSA) is 41.1 Å². The van der Waals surface area contributed by atoms with Gasteiger partial charge in [0.15, 0.2) is 0 Å². The third-order valence-corrected chi connectivity index (χ3v) is 3.48. The van der Waals surface area contributed by atoms with Crippen molar-refractivity contribution in [3.63, 3.8) is 0 Å². The Morgan fingerprint density at radius 1 is 1.05 bits per heavy atom. The first kappa shape index (κ1) is 16.1. The second kappa shape index (κ2) is 7.56. The molecule has 0 spiro atoms. The molecule has 0 aromatic carbocycles. The number of nitrogens with zero attached hydrogens (tertiary/aromatic N) is 3. The molecule has 0 aliphatic heterocycles. The number of hydrogen-bond acceptors (Lipinski definition) is 4. The molecule has 1 rings (SSSR count). The van der Waals surface area contributed by atoms with Gasteiger partial charge in [-0.15, -0.1) is 0 Å². The fraction of sp³-hybridized carbons (Fsp3) is 0.733. The Hall–Kier alpha value is -1.00. The maximum Gasteiger partial charge on any atom is 0.0782 e. The highest BCUT2D eigenvalue weighted by molar-refractivity contribution is 5.12. The highest BCUT2D eigenvalue weighted by Gasteiger charge is 2.14. The van der Waals surface area contributed by atoms with Gasteiger partial charge in [0.2, 0.25) is 0 Å². The molecule has 0 bridgehead atoms. The number of aryl methyl sites for hydroxylation is 1. The van der Waals surface area contributed by atoms with Gasteiger partial charge in [-0.2, -0.15) is 0 Å². The number of aromatic nitrogens is 2. The molecule has 4 nitrogen and oxygen atoms in total. The fourth-order valence-electron chi connectivity index (χ4n) is 2.46. The lowest BCUT2D eigenvalue weighted by Gasteiger charge is -2.31. The molecule has 0 radical (unpaired) electrons. The normalized spacial score (nSPS) is 13.5. The Morgan fingerprint density at radius 2 is 1.63 bits per heavy atom. The molecule has 1 aromatic heterocycles. The van der Waals surface area contributed by atoms with Crippen LogP contribution in [0.4, 0.5) is 0 Å². The van der Waals surface area contributed by atoms with E-state index in [4.69, 9.17) is 0 Å². The maximum atomic E-state index is 4.41. The van der Waals surface area contributed by atoms with Gasteiger partial charge in [0.25, 0.3) is 0 Å². The number of hydrogen-bond donors (Lipinski definition) is 1. The summed E-state index contributed by atoms with van der Waals surface area (Å²) in [5.74, 6) is 0. The van der Waals surface area contributed by atoms with Crippen molar-refractivity contribution in [2.24, 2.45) is 0 Å². The lowest BCUT2D eigenvalue weighted by molar-refractivity contribution is 0.174. The minimum absolute atomic E-state index is 0.245. The van der Waals surface area contributed by atoms with Crippen molar-refractivity contribution >= 4 is 0 Å². The molecule has 0 saturated heterocycles. The van der Waals surface area contributed by atoms with Crippen LogP contribution in [0.2, 0.25) is 0 Å². The van der Waals surface area contributed by atoms with E-state index < -0.39 is 0 Å². The minimum atomic E-state index is 0.245. The van der Waals surface area contributed by atoms with Gasteiger partial charge in [0, 0.05) is 43.6 Å². The van der Waals surface area contributed by atoms with Crippen molar-refractivity contribution in [1.29, 1.82) is 0 Å². The monoisotopic (exact) mass is 264 g/mol. The molecule has 19 heavy (non-hydrogen) atoms. The molecule has 0 aliphatic rings. The summed E-state index contributed by atoms with van der Waals surface area (Å²) >= 11 is 0. The molecule has 1 N–H and O–H groups in total. The van der Waals surface area contributed by atoms with Crippen LogP contribution in [0.1, 0.15) is 52.0 Å². The molecule has 1 aromatic rings. The highest BCUT2D eigenvalue weighted by Crippen LogP contribution is 2.11. The summed E-state index contributed by atoms with van der Waals surface area (Å²) in [6.07, 6.45) is 3.50. The van der Waals surface area contributed by atoms with Crippen LogP contribution >= 0.6 is 0 Å². The van der Waals surface area contributed by atoms with Crippen molar-refractivity contribution in [3.8, 4) is 0 Å². The Kier molecular flexibility index (Phi) is 6.38. The fourth-order valence-corrected chi connectivity index (χ4v) is 2.46. The summed E-state index contributed by atoms with van der Waals surface area (Å²) in [4.78, 5) is 11.2. The van der Waals surface area contributed by atoms with Crippen molar-refractivity contribution in [2.75, 3.05) is 13.1 Å². The molecule has 1 unspecified atom stereocenters. The summed E-state index contributed by atoms with van der Waals surface area (Å²) in [6.45, 7) is 15.2. The second-order valence-electron chi connectivity index (χ2n) is 5.63. The van der Waals surface area contributed by atoms with Crippen molar-refractivity contribution < 1.29 is 0 Å². The van der Waals surface area contributed by atoms with Crippen molar-refractivity contribution in [3.05, 3.63) is 23.8 Å². The van der Waals surface area contributed by atoms with E-state index in [1.807, 2.05) is 6.92 Å². The van der Waals surface area contributed by atoms with Crippen molar-refractivity contribution in [2.45, 2.75) is 59.7 Å². The van der Waals surface area contributed by atoms with Crippen LogP contribution < -0.4 is 5.32 Å². The molecule has 0 aliphatic carbocycles. The van der Waals surface area contributed by atoms with Gasteiger partial charge in [-0.3, -0.25) is 14.9 Å². The largest absolute Gasteiger partial charge is 0.308 e. The predicted molar refractivity (Wildman–Crippen MR) is 80.2 cm³/mol. The van der Waals surface area contributed by atoms with Crippen LogP contribution in [0.3, 0.4) is 0 Å². The zero-order valence-corrected chi connectivity index (χ0v) is 13.1. The average molecular weight is 264 g/mol. The average Bonchev–Trinajstić information content (AvgIpc) is 2.33. The second-order valence-corrected chi connectivity index (χ2v) is 5.63. The summed E-state index contributed by atoms with van der Waals surface area (Å²) in [5, 5.41) is 3.54. The van der Waals surface area contributed by atoms with E-state index in [0.717, 1.165) is 24.5 Å². The smallest absolute Gasteiger partial charge is 0.0782 e. The SMILES string of the molecule is Cc1nccnc1C(C)NCCN(C(C)C)C(C)C. The molecular weight excluding hydrogens is 236 g/mol. The molecule has 1 atom stereocenters. The molecule has 1 heterocycles. The third kappa shape index (κ3) is 4.88. The first-order valence-electron chi connectivity index (χ1n) is 7.20. The Labute approximate surface area is 117 Å². The maximum absolute atomic E-state index is 4.41. The highest BCUT2D eigenvalue weighted by atomic mass is 15.2. The van der Waals surface area contributed by atoms with Crippen LogP contribution in [0.15, 0.2) is 12.4 Å². The number of nitrogens with one attached hydrogen (secondary N) is 1. The minimum Gasteiger partial charge on any atom is -0.308 e. The Balaban J connectivity index is 2.47.